The molecule has 1 saturated carbocycles. The van der Waals surface area contributed by atoms with E-state index >= 15 is 0 Å². The summed E-state index contributed by atoms with van der Waals surface area (Å²) in [4.78, 5) is 54.7. The maximum Gasteiger partial charge on any atom is 0.316 e. The molecule has 0 unspecified atom stereocenters. The third kappa shape index (κ3) is 3.49. The maximum absolute atomic E-state index is 13.1. The summed E-state index contributed by atoms with van der Waals surface area (Å²) in [5, 5.41) is 0. The summed E-state index contributed by atoms with van der Waals surface area (Å²) < 4.78 is 5.62. The largest absolute Gasteiger partial charge is 0.426 e. The van der Waals surface area contributed by atoms with Gasteiger partial charge >= 0.3 is 5.97 Å². The summed E-state index contributed by atoms with van der Waals surface area (Å²) in [5.74, 6) is -1.54. The van der Waals surface area contributed by atoms with Crippen molar-refractivity contribution in [2.24, 2.45) is 29.6 Å². The molecule has 0 aromatic heterocycles. The van der Waals surface area contributed by atoms with E-state index in [-0.39, 0.29) is 66.2 Å². The number of carbonyl (C=O) groups excluding carboxylic acids is 4. The molecule has 0 N–H and O–H groups in total. The second-order valence-corrected chi connectivity index (χ2v) is 9.96. The molecule has 2 bridgehead atoms. The molecule has 7 heteroatoms. The smallest absolute Gasteiger partial charge is 0.316 e. The minimum atomic E-state index is -0.576. The number of carbonyl (C=O) groups is 4. The molecule has 178 valence electrons. The fourth-order valence-electron chi connectivity index (χ4n) is 6.22. The molecule has 0 radical (unpaired) electrons. The molecule has 2 aliphatic carbocycles. The summed E-state index contributed by atoms with van der Waals surface area (Å²) >= 11 is 0. The number of amides is 3. The molecule has 2 aliphatic heterocycles. The highest BCUT2D eigenvalue weighted by atomic mass is 16.5. The summed E-state index contributed by atoms with van der Waals surface area (Å²) in [7, 11) is 0. The van der Waals surface area contributed by atoms with Crippen LogP contribution in [0.5, 0.6) is 5.75 Å². The lowest BCUT2D eigenvalue weighted by atomic mass is 9.85. The number of anilines is 1. The van der Waals surface area contributed by atoms with Gasteiger partial charge in [0.1, 0.15) is 5.75 Å². The summed E-state index contributed by atoms with van der Waals surface area (Å²) in [5.41, 5.74) is 1.43. The fraction of sp³-hybridized carbons (Fsp3) is 0.357. The number of nitrogens with zero attached hydrogens (tertiary/aromatic N) is 2. The number of benzene rings is 2. The van der Waals surface area contributed by atoms with Crippen LogP contribution in [0.15, 0.2) is 66.7 Å². The highest BCUT2D eigenvalue weighted by Gasteiger charge is 2.59. The van der Waals surface area contributed by atoms with E-state index in [0.717, 1.165) is 12.0 Å². The second-order valence-electron chi connectivity index (χ2n) is 9.96. The van der Waals surface area contributed by atoms with Gasteiger partial charge in [-0.05, 0) is 42.9 Å². The van der Waals surface area contributed by atoms with Gasteiger partial charge in [-0.3, -0.25) is 19.2 Å². The summed E-state index contributed by atoms with van der Waals surface area (Å²) in [6.45, 7) is 2.24. The van der Waals surface area contributed by atoms with Crippen LogP contribution in [0.1, 0.15) is 31.4 Å². The molecule has 6 atom stereocenters. The number of hydrogen-bond acceptors (Lipinski definition) is 5. The Labute approximate surface area is 203 Å². The number of hydrogen-bond donors (Lipinski definition) is 0. The molecule has 4 aliphatic rings. The van der Waals surface area contributed by atoms with E-state index in [2.05, 4.69) is 12.2 Å². The first kappa shape index (κ1) is 21.8. The van der Waals surface area contributed by atoms with Crippen LogP contribution in [-0.4, -0.2) is 35.1 Å². The van der Waals surface area contributed by atoms with Crippen LogP contribution >= 0.6 is 0 Å². The van der Waals surface area contributed by atoms with Crippen molar-refractivity contribution in [3.8, 4) is 5.75 Å². The Morgan fingerprint density at radius 1 is 0.943 bits per heavy atom. The van der Waals surface area contributed by atoms with Crippen molar-refractivity contribution < 1.29 is 23.9 Å². The lowest BCUT2D eigenvalue weighted by molar-refractivity contribution is -0.139. The van der Waals surface area contributed by atoms with E-state index in [1.165, 1.54) is 4.90 Å². The van der Waals surface area contributed by atoms with Crippen LogP contribution in [-0.2, 0) is 19.2 Å². The zero-order valence-corrected chi connectivity index (χ0v) is 19.4. The monoisotopic (exact) mass is 470 g/mol. The molecule has 3 amide bonds. The molecule has 2 heterocycles. The molecular formula is C28H26N2O5. The van der Waals surface area contributed by atoms with E-state index in [0.29, 0.717) is 5.69 Å². The van der Waals surface area contributed by atoms with Crippen molar-refractivity contribution in [3.63, 3.8) is 0 Å². The van der Waals surface area contributed by atoms with Crippen LogP contribution in [0.25, 0.3) is 0 Å². The Morgan fingerprint density at radius 2 is 1.63 bits per heavy atom. The molecule has 6 rings (SSSR count). The van der Waals surface area contributed by atoms with Gasteiger partial charge in [0.15, 0.2) is 0 Å². The highest BCUT2D eigenvalue weighted by molar-refractivity contribution is 6.22. The third-order valence-corrected chi connectivity index (χ3v) is 8.01. The number of ether oxygens (including phenoxy) is 1. The molecular weight excluding hydrogens is 444 g/mol. The first-order valence-electron chi connectivity index (χ1n) is 12.1. The van der Waals surface area contributed by atoms with Crippen molar-refractivity contribution in [3.05, 3.63) is 72.3 Å². The fourth-order valence-corrected chi connectivity index (χ4v) is 6.22. The first-order chi connectivity index (χ1) is 16.9. The Morgan fingerprint density at radius 3 is 2.31 bits per heavy atom. The molecule has 2 aromatic rings. The van der Waals surface area contributed by atoms with Crippen LogP contribution in [0, 0.1) is 29.6 Å². The standard InChI is InChI=1S/C28H26N2O5/c1-16(17-6-3-2-4-7-17)29-15-20(13-23(29)31)28(34)35-22-9-5-8-21(14-22)30-26(32)24-18-10-11-19(12-18)25(24)27(30)33/h2-11,14,16,18-20,24-25H,12-13,15H2,1H3/t16-,18+,19+,20-,24+,25+/m1/s1. The Kier molecular flexibility index (Phi) is 5.09. The minimum Gasteiger partial charge on any atom is -0.426 e. The van der Waals surface area contributed by atoms with E-state index in [4.69, 9.17) is 4.74 Å². The normalized spacial score (nSPS) is 29.7. The Hall–Kier alpha value is -3.74. The van der Waals surface area contributed by atoms with Gasteiger partial charge in [-0.15, -0.1) is 0 Å². The SMILES string of the molecule is C[C@H](c1ccccc1)N1C[C@H](C(=O)Oc2cccc(N3C(=O)[C@@H]4[C@@H](C3=O)[C@H]3C=C[C@H]4C3)c2)CC1=O. The number of esters is 1. The average Bonchev–Trinajstić information content (AvgIpc) is 3.63. The predicted molar refractivity (Wildman–Crippen MR) is 127 cm³/mol. The maximum atomic E-state index is 13.1. The van der Waals surface area contributed by atoms with Crippen molar-refractivity contribution in [2.45, 2.75) is 25.8 Å². The molecule has 7 nitrogen and oxygen atoms in total. The number of imide groups is 1. The molecule has 2 saturated heterocycles. The van der Waals surface area contributed by atoms with Crippen LogP contribution in [0.3, 0.4) is 0 Å². The Bertz CT molecular complexity index is 1230. The second kappa shape index (κ2) is 8.18. The van der Waals surface area contributed by atoms with Crippen LogP contribution in [0.2, 0.25) is 0 Å². The van der Waals surface area contributed by atoms with Gasteiger partial charge in [0.25, 0.3) is 0 Å². The van der Waals surface area contributed by atoms with Gasteiger partial charge in [-0.2, -0.15) is 0 Å². The summed E-state index contributed by atoms with van der Waals surface area (Å²) in [6.07, 6.45) is 5.09. The van der Waals surface area contributed by atoms with E-state index in [9.17, 15) is 19.2 Å². The average molecular weight is 471 g/mol. The zero-order chi connectivity index (χ0) is 24.3. The van der Waals surface area contributed by atoms with E-state index in [1.54, 1.807) is 29.2 Å². The van der Waals surface area contributed by atoms with Crippen molar-refractivity contribution in [1.29, 1.82) is 0 Å². The lowest BCUT2D eigenvalue weighted by Crippen LogP contribution is -2.33. The molecule has 3 fully saturated rings. The van der Waals surface area contributed by atoms with Gasteiger partial charge < -0.3 is 9.64 Å². The van der Waals surface area contributed by atoms with Crippen molar-refractivity contribution in [1.82, 2.24) is 4.90 Å². The molecule has 2 aromatic carbocycles. The number of allylic oxidation sites excluding steroid dienone is 2. The van der Waals surface area contributed by atoms with Gasteiger partial charge in [-0.1, -0.05) is 48.6 Å². The highest BCUT2D eigenvalue weighted by Crippen LogP contribution is 2.53. The number of rotatable bonds is 5. The van der Waals surface area contributed by atoms with Gasteiger partial charge in [0.05, 0.1) is 29.5 Å². The molecule has 0 spiro atoms. The molecule has 35 heavy (non-hydrogen) atoms. The van der Waals surface area contributed by atoms with Gasteiger partial charge in [-0.25, -0.2) is 4.90 Å². The number of fused-ring (bicyclic) bond motifs is 5. The topological polar surface area (TPSA) is 84.0 Å². The van der Waals surface area contributed by atoms with Crippen molar-refractivity contribution >= 4 is 29.4 Å². The lowest BCUT2D eigenvalue weighted by Gasteiger charge is -2.25. The van der Waals surface area contributed by atoms with Crippen LogP contribution in [0.4, 0.5) is 5.69 Å². The minimum absolute atomic E-state index is 0.0832. The zero-order valence-electron chi connectivity index (χ0n) is 19.4. The van der Waals surface area contributed by atoms with Crippen molar-refractivity contribution in [2.75, 3.05) is 11.4 Å². The Balaban J connectivity index is 1.15. The van der Waals surface area contributed by atoms with Gasteiger partial charge in [0, 0.05) is 19.0 Å². The van der Waals surface area contributed by atoms with Gasteiger partial charge in [0.2, 0.25) is 17.7 Å². The number of likely N-dealkylation sites (tertiary alicyclic amines) is 1. The van der Waals surface area contributed by atoms with Crippen LogP contribution < -0.4 is 9.64 Å². The third-order valence-electron chi connectivity index (χ3n) is 8.01. The first-order valence-corrected chi connectivity index (χ1v) is 12.1. The van der Waals surface area contributed by atoms with E-state index in [1.807, 2.05) is 37.3 Å². The van der Waals surface area contributed by atoms with E-state index < -0.39 is 11.9 Å². The predicted octanol–water partition coefficient (Wildman–Crippen LogP) is 3.51. The quantitative estimate of drug-likeness (QED) is 0.289. The summed E-state index contributed by atoms with van der Waals surface area (Å²) in [6, 6.07) is 16.1.